The zero-order valence-corrected chi connectivity index (χ0v) is 13.4. The van der Waals surface area contributed by atoms with Crippen molar-refractivity contribution in [2.24, 2.45) is 10.7 Å². The number of aliphatic hydroxyl groups is 1. The van der Waals surface area contributed by atoms with Crippen LogP contribution >= 0.6 is 34.2 Å². The average Bonchev–Trinajstić information content (AvgIpc) is 2.38. The fourth-order valence-corrected chi connectivity index (χ4v) is 2.41. The van der Waals surface area contributed by atoms with Crippen LogP contribution in [-0.4, -0.2) is 23.8 Å². The van der Waals surface area contributed by atoms with Gasteiger partial charge in [-0.15, -0.1) is 0 Å². The normalized spacial score (nSPS) is 20.8. The predicted molar refractivity (Wildman–Crippen MR) is 87.8 cm³/mol. The number of ether oxygens (including phenoxy) is 1. The van der Waals surface area contributed by atoms with Gasteiger partial charge in [-0.2, -0.15) is 0 Å². The number of benzene rings is 1. The Hall–Kier alpha value is -1.25. The van der Waals surface area contributed by atoms with Gasteiger partial charge in [0.2, 0.25) is 0 Å². The smallest absolute Gasteiger partial charge is 0.196 e. The number of nitrogens with two attached hydrogens (primary N) is 1. The lowest BCUT2D eigenvalue weighted by molar-refractivity contribution is 0.0729. The molecule has 0 fully saturated rings. The summed E-state index contributed by atoms with van der Waals surface area (Å²) in [5.41, 5.74) is 7.18. The maximum absolute atomic E-state index is 9.27. The summed E-state index contributed by atoms with van der Waals surface area (Å²) in [6.45, 7) is 3.94. The minimum Gasteiger partial charge on any atom is -0.482 e. The molecule has 0 radical (unpaired) electrons. The van der Waals surface area contributed by atoms with Gasteiger partial charge in [-0.1, -0.05) is 30.3 Å². The maximum Gasteiger partial charge on any atom is 0.196 e. The Bertz CT molecular complexity index is 601. The quantitative estimate of drug-likeness (QED) is 0.531. The van der Waals surface area contributed by atoms with Crippen LogP contribution in [0, 0.1) is 3.57 Å². The van der Waals surface area contributed by atoms with E-state index in [4.69, 9.17) is 22.1 Å². The Labute approximate surface area is 135 Å². The van der Waals surface area contributed by atoms with E-state index in [1.165, 1.54) is 0 Å². The summed E-state index contributed by atoms with van der Waals surface area (Å²) >= 11 is 8.34. The number of halogens is 2. The Morgan fingerprint density at radius 3 is 3.00 bits per heavy atom. The minimum absolute atomic E-state index is 0.0175. The second kappa shape index (κ2) is 6.47. The first-order chi connectivity index (χ1) is 9.47. The first-order valence-electron chi connectivity index (χ1n) is 5.73. The van der Waals surface area contributed by atoms with Gasteiger partial charge in [0.15, 0.2) is 23.0 Å². The average molecular weight is 406 g/mol. The van der Waals surface area contributed by atoms with Gasteiger partial charge in [0, 0.05) is 9.27 Å². The molecule has 0 saturated heterocycles. The van der Waals surface area contributed by atoms with Crippen LogP contribution in [0.1, 0.15) is 5.56 Å². The Morgan fingerprint density at radius 1 is 1.60 bits per heavy atom. The van der Waals surface area contributed by atoms with Crippen molar-refractivity contribution >= 4 is 45.7 Å². The molecule has 0 saturated carbocycles. The third kappa shape index (κ3) is 3.65. The van der Waals surface area contributed by atoms with Crippen molar-refractivity contribution in [3.63, 3.8) is 0 Å². The molecule has 1 aliphatic rings. The summed E-state index contributed by atoms with van der Waals surface area (Å²) in [6, 6.07) is 7.78. The molecule has 0 aromatic heterocycles. The molecule has 0 unspecified atom stereocenters. The maximum atomic E-state index is 9.27. The molecule has 0 aliphatic carbocycles. The summed E-state index contributed by atoms with van der Waals surface area (Å²) in [7, 11) is 0. The van der Waals surface area contributed by atoms with Gasteiger partial charge >= 0.3 is 0 Å². The molecule has 0 bridgehead atoms. The van der Waals surface area contributed by atoms with Gasteiger partial charge in [0.1, 0.15) is 6.61 Å². The van der Waals surface area contributed by atoms with Crippen molar-refractivity contribution in [2.75, 3.05) is 6.61 Å². The van der Waals surface area contributed by atoms with E-state index in [9.17, 15) is 5.11 Å². The van der Waals surface area contributed by atoms with Gasteiger partial charge in [-0.25, -0.2) is 4.99 Å². The second-order valence-corrected chi connectivity index (χ2v) is 5.69. The highest BCUT2D eigenvalue weighted by Gasteiger charge is 2.20. The first-order valence-corrected chi connectivity index (χ1v) is 7.19. The summed E-state index contributed by atoms with van der Waals surface area (Å²) < 4.78 is 6.35. The van der Waals surface area contributed by atoms with Gasteiger partial charge in [0.05, 0.1) is 0 Å². The van der Waals surface area contributed by atoms with E-state index in [1.54, 1.807) is 0 Å². The first kappa shape index (κ1) is 15.1. The molecule has 2 rings (SSSR count). The lowest BCUT2D eigenvalue weighted by atomic mass is 10.2. The molecule has 1 aromatic carbocycles. The van der Waals surface area contributed by atoms with Crippen molar-refractivity contribution in [1.29, 1.82) is 0 Å². The number of hydrogen-bond acceptors (Lipinski definition) is 5. The number of aliphatic hydroxyl groups excluding tert-OH is 1. The van der Waals surface area contributed by atoms with Crippen LogP contribution in [0.3, 0.4) is 0 Å². The molecule has 1 atom stereocenters. The number of amidine groups is 1. The second-order valence-electron chi connectivity index (χ2n) is 4.06. The highest BCUT2D eigenvalue weighted by Crippen LogP contribution is 2.19. The van der Waals surface area contributed by atoms with E-state index >= 15 is 0 Å². The van der Waals surface area contributed by atoms with E-state index in [1.807, 2.05) is 24.3 Å². The molecule has 1 heterocycles. The summed E-state index contributed by atoms with van der Waals surface area (Å²) in [4.78, 5) is 3.79. The number of hydrogen-bond donors (Lipinski definition) is 3. The molecule has 106 valence electrons. The third-order valence-corrected chi connectivity index (χ3v) is 3.47. The van der Waals surface area contributed by atoms with Crippen LogP contribution in [0.5, 0.6) is 0 Å². The molecular formula is C13H13ClIN3O2. The molecule has 0 amide bonds. The van der Waals surface area contributed by atoms with Crippen LogP contribution in [-0.2, 0) is 4.74 Å². The fourth-order valence-electron chi connectivity index (χ4n) is 1.60. The molecule has 4 N–H and O–H groups in total. The van der Waals surface area contributed by atoms with Crippen LogP contribution in [0.25, 0.3) is 5.70 Å². The Kier molecular flexibility index (Phi) is 4.90. The molecular weight excluding hydrogens is 393 g/mol. The Morgan fingerprint density at radius 2 is 2.35 bits per heavy atom. The number of nitrogens with one attached hydrogen (secondary N) is 1. The van der Waals surface area contributed by atoms with Crippen molar-refractivity contribution in [3.8, 4) is 0 Å². The molecule has 0 spiro atoms. The highest BCUT2D eigenvalue weighted by molar-refractivity contribution is 14.1. The minimum atomic E-state index is -0.956. The zero-order valence-electron chi connectivity index (χ0n) is 10.4. The number of nitrogens with zero attached hydrogens (tertiary/aromatic N) is 1. The summed E-state index contributed by atoms with van der Waals surface area (Å²) in [5.74, 6) is 0.264. The Balaban J connectivity index is 2.17. The SMILES string of the molecule is C=C(NC(Cl)=C1OC[C@H](O)N=C1N)c1cccc(I)c1. The van der Waals surface area contributed by atoms with E-state index < -0.39 is 6.23 Å². The van der Waals surface area contributed by atoms with Crippen molar-refractivity contribution in [2.45, 2.75) is 6.23 Å². The van der Waals surface area contributed by atoms with Gasteiger partial charge in [-0.3, -0.25) is 0 Å². The standard InChI is InChI=1S/C13H13ClIN3O2/c1-7(8-3-2-4-9(15)5-8)17-12(14)11-13(16)18-10(19)6-20-11/h2-5,10,17,19H,1,6H2,(H2,16,18)/t10-/m0/s1. The molecule has 7 heteroatoms. The van der Waals surface area contributed by atoms with E-state index in [0.717, 1.165) is 9.13 Å². The lowest BCUT2D eigenvalue weighted by Gasteiger charge is -2.20. The van der Waals surface area contributed by atoms with Crippen molar-refractivity contribution in [1.82, 2.24) is 5.32 Å². The van der Waals surface area contributed by atoms with E-state index in [0.29, 0.717) is 5.70 Å². The lowest BCUT2D eigenvalue weighted by Crippen LogP contribution is -2.31. The summed E-state index contributed by atoms with van der Waals surface area (Å²) in [5, 5.41) is 12.4. The monoisotopic (exact) mass is 405 g/mol. The summed E-state index contributed by atoms with van der Waals surface area (Å²) in [6.07, 6.45) is -0.956. The van der Waals surface area contributed by atoms with Gasteiger partial charge in [-0.05, 0) is 40.3 Å². The largest absolute Gasteiger partial charge is 0.482 e. The van der Waals surface area contributed by atoms with Crippen LogP contribution < -0.4 is 11.1 Å². The molecule has 20 heavy (non-hydrogen) atoms. The van der Waals surface area contributed by atoms with Crippen molar-refractivity contribution < 1.29 is 9.84 Å². The predicted octanol–water partition coefficient (Wildman–Crippen LogP) is 1.97. The molecule has 5 nitrogen and oxygen atoms in total. The van der Waals surface area contributed by atoms with Crippen LogP contribution in [0.2, 0.25) is 0 Å². The van der Waals surface area contributed by atoms with Crippen LogP contribution in [0.15, 0.2) is 46.8 Å². The van der Waals surface area contributed by atoms with Gasteiger partial charge < -0.3 is 20.9 Å². The zero-order chi connectivity index (χ0) is 14.7. The number of rotatable bonds is 3. The molecule has 1 aromatic rings. The number of aliphatic imine (C=N–C) groups is 1. The van der Waals surface area contributed by atoms with E-state index in [-0.39, 0.29) is 23.4 Å². The van der Waals surface area contributed by atoms with Gasteiger partial charge in [0.25, 0.3) is 0 Å². The fraction of sp³-hybridized carbons (Fsp3) is 0.154. The topological polar surface area (TPSA) is 79.9 Å². The van der Waals surface area contributed by atoms with Crippen molar-refractivity contribution in [3.05, 3.63) is 50.9 Å². The third-order valence-electron chi connectivity index (χ3n) is 2.53. The van der Waals surface area contributed by atoms with E-state index in [2.05, 4.69) is 39.5 Å². The van der Waals surface area contributed by atoms with Crippen LogP contribution in [0.4, 0.5) is 0 Å². The highest BCUT2D eigenvalue weighted by atomic mass is 127. The molecule has 1 aliphatic heterocycles.